The molecule has 0 radical (unpaired) electrons. The predicted molar refractivity (Wildman–Crippen MR) is 41.6 cm³/mol. The molecule has 1 atom stereocenters. The van der Waals surface area contributed by atoms with Crippen LogP contribution < -0.4 is 0 Å². The summed E-state index contributed by atoms with van der Waals surface area (Å²) in [5, 5.41) is 0. The van der Waals surface area contributed by atoms with Crippen molar-refractivity contribution in [1.82, 2.24) is 0 Å². The summed E-state index contributed by atoms with van der Waals surface area (Å²) in [4.78, 5) is 9.74. The van der Waals surface area contributed by atoms with Crippen LogP contribution in [0.4, 0.5) is 0 Å². The molecule has 0 aliphatic carbocycles. The Morgan fingerprint density at radius 1 is 1.50 bits per heavy atom. The third kappa shape index (κ3) is 3.69. The second-order valence-electron chi connectivity index (χ2n) is 2.63. The molecule has 1 aliphatic heterocycles. The van der Waals surface area contributed by atoms with E-state index in [1.807, 2.05) is 0 Å². The molecule has 0 amide bonds. The Kier molecular flexibility index (Phi) is 4.71. The van der Waals surface area contributed by atoms with Gasteiger partial charge < -0.3 is 14.2 Å². The Hall–Kier alpha value is -0.610. The van der Waals surface area contributed by atoms with E-state index >= 15 is 0 Å². The average Bonchev–Trinajstić information content (AvgIpc) is 2.57. The van der Waals surface area contributed by atoms with Gasteiger partial charge in [-0.3, -0.25) is 4.79 Å². The number of rotatable bonds is 6. The monoisotopic (exact) mass is 174 g/mol. The minimum absolute atomic E-state index is 0.0266. The molecule has 4 heteroatoms. The number of carbonyl (C=O) groups is 1. The Bertz CT molecular complexity index is 120. The molecule has 0 bridgehead atoms. The quantitative estimate of drug-likeness (QED) is 0.439. The predicted octanol–water partition coefficient (Wildman–Crippen LogP) is 0.703. The van der Waals surface area contributed by atoms with E-state index in [1.54, 1.807) is 0 Å². The highest BCUT2D eigenvalue weighted by molar-refractivity contribution is 5.36. The fourth-order valence-corrected chi connectivity index (χ4v) is 1.08. The van der Waals surface area contributed by atoms with Crippen molar-refractivity contribution in [1.29, 1.82) is 0 Å². The van der Waals surface area contributed by atoms with Crippen LogP contribution in [0, 0.1) is 0 Å². The normalized spacial score (nSPS) is 22.5. The van der Waals surface area contributed by atoms with Crippen molar-refractivity contribution < 1.29 is 19.0 Å². The van der Waals surface area contributed by atoms with Crippen molar-refractivity contribution in [3.05, 3.63) is 0 Å². The standard InChI is InChI=1S/C8H14O4/c9-7-10-4-2-6-12-8-3-1-5-11-8/h7-8H,1-6H2. The van der Waals surface area contributed by atoms with E-state index in [4.69, 9.17) is 9.47 Å². The lowest BCUT2D eigenvalue weighted by molar-refractivity contribution is -0.131. The molecule has 0 aromatic carbocycles. The lowest BCUT2D eigenvalue weighted by Gasteiger charge is -2.09. The van der Waals surface area contributed by atoms with E-state index in [9.17, 15) is 4.79 Å². The molecule has 0 aromatic heterocycles. The highest BCUT2D eigenvalue weighted by atomic mass is 16.7. The van der Waals surface area contributed by atoms with Crippen molar-refractivity contribution >= 4 is 6.47 Å². The number of carbonyl (C=O) groups excluding carboxylic acids is 1. The van der Waals surface area contributed by atoms with Gasteiger partial charge in [-0.25, -0.2) is 0 Å². The molecule has 12 heavy (non-hydrogen) atoms. The van der Waals surface area contributed by atoms with Gasteiger partial charge >= 0.3 is 0 Å². The molecule has 0 spiro atoms. The van der Waals surface area contributed by atoms with Crippen LogP contribution in [-0.4, -0.2) is 32.6 Å². The van der Waals surface area contributed by atoms with Gasteiger partial charge in [0, 0.05) is 19.4 Å². The van der Waals surface area contributed by atoms with Gasteiger partial charge in [-0.15, -0.1) is 0 Å². The molecular weight excluding hydrogens is 160 g/mol. The first-order chi connectivity index (χ1) is 5.93. The van der Waals surface area contributed by atoms with Crippen LogP contribution in [0.1, 0.15) is 19.3 Å². The van der Waals surface area contributed by atoms with E-state index in [2.05, 4.69) is 4.74 Å². The van der Waals surface area contributed by atoms with Gasteiger partial charge in [0.15, 0.2) is 6.29 Å². The first-order valence-corrected chi connectivity index (χ1v) is 4.22. The molecule has 1 saturated heterocycles. The number of hydrogen-bond acceptors (Lipinski definition) is 4. The average molecular weight is 174 g/mol. The largest absolute Gasteiger partial charge is 0.468 e. The summed E-state index contributed by atoms with van der Waals surface area (Å²) in [5.74, 6) is 0. The van der Waals surface area contributed by atoms with Gasteiger partial charge in [0.25, 0.3) is 6.47 Å². The topological polar surface area (TPSA) is 44.8 Å². The highest BCUT2D eigenvalue weighted by Crippen LogP contribution is 2.12. The fourth-order valence-electron chi connectivity index (χ4n) is 1.08. The van der Waals surface area contributed by atoms with Gasteiger partial charge in [-0.1, -0.05) is 0 Å². The molecule has 0 aromatic rings. The zero-order valence-electron chi connectivity index (χ0n) is 7.03. The molecule has 4 nitrogen and oxygen atoms in total. The van der Waals surface area contributed by atoms with Crippen LogP contribution in [0.5, 0.6) is 0 Å². The van der Waals surface area contributed by atoms with E-state index in [-0.39, 0.29) is 6.29 Å². The smallest absolute Gasteiger partial charge is 0.293 e. The third-order valence-corrected chi connectivity index (χ3v) is 1.67. The maximum atomic E-state index is 9.74. The molecule has 70 valence electrons. The van der Waals surface area contributed by atoms with Crippen LogP contribution >= 0.6 is 0 Å². The molecule has 1 heterocycles. The maximum absolute atomic E-state index is 9.74. The van der Waals surface area contributed by atoms with Crippen molar-refractivity contribution in [2.45, 2.75) is 25.6 Å². The fraction of sp³-hybridized carbons (Fsp3) is 0.875. The number of hydrogen-bond donors (Lipinski definition) is 0. The van der Waals surface area contributed by atoms with E-state index in [1.165, 1.54) is 0 Å². The van der Waals surface area contributed by atoms with Crippen molar-refractivity contribution in [2.24, 2.45) is 0 Å². The summed E-state index contributed by atoms with van der Waals surface area (Å²) in [6, 6.07) is 0. The Labute approximate surface area is 71.8 Å². The van der Waals surface area contributed by atoms with Crippen LogP contribution in [0.2, 0.25) is 0 Å². The summed E-state index contributed by atoms with van der Waals surface area (Å²) in [6.45, 7) is 2.27. The zero-order chi connectivity index (χ0) is 8.65. The van der Waals surface area contributed by atoms with E-state index < -0.39 is 0 Å². The Morgan fingerprint density at radius 3 is 3.08 bits per heavy atom. The van der Waals surface area contributed by atoms with Gasteiger partial charge in [0.1, 0.15) is 0 Å². The number of ether oxygens (including phenoxy) is 3. The SMILES string of the molecule is O=COCCCOC1CCCO1. The van der Waals surface area contributed by atoms with Gasteiger partial charge in [0.2, 0.25) is 0 Å². The summed E-state index contributed by atoms with van der Waals surface area (Å²) in [6.07, 6.45) is 2.77. The second kappa shape index (κ2) is 5.97. The first-order valence-electron chi connectivity index (χ1n) is 4.22. The maximum Gasteiger partial charge on any atom is 0.293 e. The van der Waals surface area contributed by atoms with Crippen LogP contribution in [-0.2, 0) is 19.0 Å². The summed E-state index contributed by atoms with van der Waals surface area (Å²) >= 11 is 0. The van der Waals surface area contributed by atoms with E-state index in [0.717, 1.165) is 25.9 Å². The lowest BCUT2D eigenvalue weighted by atomic mass is 10.4. The minimum atomic E-state index is -0.0266. The molecule has 0 saturated carbocycles. The van der Waals surface area contributed by atoms with Crippen molar-refractivity contribution in [2.75, 3.05) is 19.8 Å². The zero-order valence-corrected chi connectivity index (χ0v) is 7.03. The highest BCUT2D eigenvalue weighted by Gasteiger charge is 2.14. The van der Waals surface area contributed by atoms with Crippen molar-refractivity contribution in [3.63, 3.8) is 0 Å². The summed E-state index contributed by atoms with van der Waals surface area (Å²) in [5.41, 5.74) is 0. The van der Waals surface area contributed by atoms with Crippen molar-refractivity contribution in [3.8, 4) is 0 Å². The minimum Gasteiger partial charge on any atom is -0.468 e. The molecular formula is C8H14O4. The lowest BCUT2D eigenvalue weighted by Crippen LogP contribution is -2.12. The van der Waals surface area contributed by atoms with Crippen LogP contribution in [0.25, 0.3) is 0 Å². The third-order valence-electron chi connectivity index (χ3n) is 1.67. The Balaban J connectivity index is 1.84. The van der Waals surface area contributed by atoms with E-state index in [0.29, 0.717) is 19.7 Å². The van der Waals surface area contributed by atoms with Gasteiger partial charge in [-0.2, -0.15) is 0 Å². The first kappa shape index (κ1) is 9.48. The summed E-state index contributed by atoms with van der Waals surface area (Å²) in [7, 11) is 0. The second-order valence-corrected chi connectivity index (χ2v) is 2.63. The molecule has 1 unspecified atom stereocenters. The summed E-state index contributed by atoms with van der Waals surface area (Å²) < 4.78 is 15.1. The Morgan fingerprint density at radius 2 is 2.42 bits per heavy atom. The van der Waals surface area contributed by atoms with Gasteiger partial charge in [0.05, 0.1) is 13.2 Å². The molecule has 0 N–H and O–H groups in total. The van der Waals surface area contributed by atoms with Crippen LogP contribution in [0.15, 0.2) is 0 Å². The molecule has 1 rings (SSSR count). The molecule has 1 aliphatic rings. The molecule has 1 fully saturated rings. The van der Waals surface area contributed by atoms with Gasteiger partial charge in [-0.05, 0) is 6.42 Å². The van der Waals surface area contributed by atoms with Crippen LogP contribution in [0.3, 0.4) is 0 Å².